The molecule has 2 fully saturated rings. The van der Waals surface area contributed by atoms with Gasteiger partial charge in [0.25, 0.3) is 0 Å². The molecular weight excluding hydrogens is 390 g/mol. The maximum Gasteiger partial charge on any atom is 0.232 e. The first-order valence-corrected chi connectivity index (χ1v) is 10.6. The molecule has 1 unspecified atom stereocenters. The summed E-state index contributed by atoms with van der Waals surface area (Å²) in [6.07, 6.45) is 3.21. The van der Waals surface area contributed by atoms with Crippen LogP contribution in [-0.4, -0.2) is 31.5 Å². The van der Waals surface area contributed by atoms with Crippen molar-refractivity contribution in [3.63, 3.8) is 0 Å². The average Bonchev–Trinajstić information content (AvgIpc) is 2.69. The molecule has 0 spiro atoms. The van der Waals surface area contributed by atoms with Gasteiger partial charge in [-0.05, 0) is 37.0 Å². The molecule has 1 aliphatic carbocycles. The predicted molar refractivity (Wildman–Crippen MR) is 89.1 cm³/mol. The van der Waals surface area contributed by atoms with Gasteiger partial charge in [0.1, 0.15) is 0 Å². The van der Waals surface area contributed by atoms with E-state index in [-0.39, 0.29) is 29.5 Å². The van der Waals surface area contributed by atoms with Crippen LogP contribution in [0.25, 0.3) is 0 Å². The monoisotopic (exact) mass is 405 g/mol. The molecule has 1 amide bonds. The van der Waals surface area contributed by atoms with Crippen molar-refractivity contribution in [3.05, 3.63) is 34.3 Å². The molecule has 1 aliphatic heterocycles. The van der Waals surface area contributed by atoms with E-state index in [1.807, 2.05) is 29.2 Å². The number of halogens is 2. The molecule has 4 nitrogen and oxygen atoms in total. The number of hydrogen-bond donors (Lipinski definition) is 0. The summed E-state index contributed by atoms with van der Waals surface area (Å²) in [6, 6.07) is 8.05. The summed E-state index contributed by atoms with van der Waals surface area (Å²) >= 11 is 3.43. The van der Waals surface area contributed by atoms with Crippen molar-refractivity contribution in [1.82, 2.24) is 4.90 Å². The van der Waals surface area contributed by atoms with E-state index in [4.69, 9.17) is 10.7 Å². The summed E-state index contributed by atoms with van der Waals surface area (Å²) in [5.74, 6) is -0.302. The lowest BCUT2D eigenvalue weighted by atomic mass is 9.70. The molecule has 1 saturated carbocycles. The van der Waals surface area contributed by atoms with Crippen LogP contribution in [0.2, 0.25) is 0 Å². The molecule has 1 saturated heterocycles. The Labute approximate surface area is 143 Å². The van der Waals surface area contributed by atoms with Crippen molar-refractivity contribution in [1.29, 1.82) is 0 Å². The highest BCUT2D eigenvalue weighted by molar-refractivity contribution is 9.10. The quantitative estimate of drug-likeness (QED) is 0.721. The van der Waals surface area contributed by atoms with Gasteiger partial charge >= 0.3 is 0 Å². The van der Waals surface area contributed by atoms with E-state index in [1.165, 1.54) is 0 Å². The lowest BCUT2D eigenvalue weighted by Crippen LogP contribution is -2.52. The first-order valence-electron chi connectivity index (χ1n) is 7.29. The Kier molecular flexibility index (Phi) is 4.29. The highest BCUT2D eigenvalue weighted by Crippen LogP contribution is 2.49. The Bertz CT molecular complexity index is 685. The summed E-state index contributed by atoms with van der Waals surface area (Å²) in [6.45, 7) is 0.473. The Hall–Kier alpha value is -0.590. The van der Waals surface area contributed by atoms with Gasteiger partial charge < -0.3 is 4.90 Å². The second-order valence-electron chi connectivity index (χ2n) is 6.17. The fourth-order valence-electron chi connectivity index (χ4n) is 3.57. The topological polar surface area (TPSA) is 54.5 Å². The van der Waals surface area contributed by atoms with Crippen LogP contribution >= 0.6 is 26.6 Å². The first kappa shape index (κ1) is 16.3. The zero-order valence-corrected chi connectivity index (χ0v) is 15.1. The van der Waals surface area contributed by atoms with Crippen LogP contribution in [0.4, 0.5) is 0 Å². The molecule has 0 bridgehead atoms. The Morgan fingerprint density at radius 2 is 1.91 bits per heavy atom. The van der Waals surface area contributed by atoms with Crippen LogP contribution in [0.3, 0.4) is 0 Å². The minimum atomic E-state index is -3.57. The van der Waals surface area contributed by atoms with Crippen molar-refractivity contribution in [2.24, 2.45) is 5.92 Å². The lowest BCUT2D eigenvalue weighted by molar-refractivity contribution is -0.137. The number of hydrogen-bond acceptors (Lipinski definition) is 3. The molecule has 1 atom stereocenters. The molecule has 7 heteroatoms. The summed E-state index contributed by atoms with van der Waals surface area (Å²) in [7, 11) is 1.77. The number of amides is 1. The van der Waals surface area contributed by atoms with Gasteiger partial charge in [0.05, 0.1) is 11.3 Å². The van der Waals surface area contributed by atoms with Crippen molar-refractivity contribution in [2.75, 3.05) is 12.3 Å². The third-order valence-corrected chi connectivity index (χ3v) is 6.50. The smallest absolute Gasteiger partial charge is 0.232 e. The molecule has 2 aliphatic rings. The van der Waals surface area contributed by atoms with Crippen LogP contribution in [0.15, 0.2) is 28.7 Å². The van der Waals surface area contributed by atoms with Crippen LogP contribution in [0.5, 0.6) is 0 Å². The summed E-state index contributed by atoms with van der Waals surface area (Å²) < 4.78 is 23.5. The Balaban J connectivity index is 1.85. The molecule has 22 heavy (non-hydrogen) atoms. The van der Waals surface area contributed by atoms with Crippen molar-refractivity contribution >= 4 is 41.6 Å². The molecule has 0 aromatic heterocycles. The van der Waals surface area contributed by atoms with Gasteiger partial charge in [0.15, 0.2) is 0 Å². The summed E-state index contributed by atoms with van der Waals surface area (Å²) in [4.78, 5) is 14.3. The van der Waals surface area contributed by atoms with Gasteiger partial charge in [-0.2, -0.15) is 0 Å². The number of rotatable bonds is 4. The maximum atomic E-state index is 12.4. The fourth-order valence-corrected chi connectivity index (χ4v) is 5.16. The second-order valence-corrected chi connectivity index (χ2v) is 9.91. The molecule has 0 N–H and O–H groups in total. The Morgan fingerprint density at radius 3 is 2.41 bits per heavy atom. The highest BCUT2D eigenvalue weighted by atomic mass is 79.9. The average molecular weight is 407 g/mol. The third kappa shape index (κ3) is 3.05. The first-order chi connectivity index (χ1) is 10.3. The van der Waals surface area contributed by atoms with E-state index < -0.39 is 9.05 Å². The van der Waals surface area contributed by atoms with Crippen molar-refractivity contribution in [2.45, 2.75) is 31.2 Å². The minimum absolute atomic E-state index is 0.0351. The third-order valence-electron chi connectivity index (χ3n) is 4.72. The van der Waals surface area contributed by atoms with Gasteiger partial charge in [-0.25, -0.2) is 8.42 Å². The van der Waals surface area contributed by atoms with Gasteiger partial charge in [0, 0.05) is 34.0 Å². The molecular formula is C15H17BrClNO3S. The molecule has 1 heterocycles. The van der Waals surface area contributed by atoms with E-state index in [0.29, 0.717) is 6.54 Å². The summed E-state index contributed by atoms with van der Waals surface area (Å²) in [5.41, 5.74) is 0.868. The molecule has 120 valence electrons. The standard InChI is InChI=1S/C15H17BrClNO3S/c16-13-4-2-12(3-5-13)15(6-1-7-15)18-9-11(8-14(18)19)10-22(17,20)21/h2-5,11H,1,6-10H2. The van der Waals surface area contributed by atoms with Gasteiger partial charge in [-0.3, -0.25) is 4.79 Å². The number of likely N-dealkylation sites (tertiary alicyclic amines) is 1. The van der Waals surface area contributed by atoms with Crippen molar-refractivity contribution in [3.8, 4) is 0 Å². The predicted octanol–water partition coefficient (Wildman–Crippen LogP) is 3.25. The summed E-state index contributed by atoms with van der Waals surface area (Å²) in [5, 5.41) is 0. The normalized spacial score (nSPS) is 24.4. The minimum Gasteiger partial charge on any atom is -0.333 e. The molecule has 1 aromatic rings. The van der Waals surface area contributed by atoms with Crippen LogP contribution < -0.4 is 0 Å². The maximum absolute atomic E-state index is 12.4. The van der Waals surface area contributed by atoms with E-state index in [9.17, 15) is 13.2 Å². The molecule has 3 rings (SSSR count). The fraction of sp³-hybridized carbons (Fsp3) is 0.533. The van der Waals surface area contributed by atoms with Gasteiger partial charge in [-0.1, -0.05) is 28.1 Å². The van der Waals surface area contributed by atoms with Gasteiger partial charge in [-0.15, -0.1) is 0 Å². The van der Waals surface area contributed by atoms with Crippen molar-refractivity contribution < 1.29 is 13.2 Å². The molecule has 1 aromatic carbocycles. The lowest BCUT2D eigenvalue weighted by Gasteiger charge is -2.49. The van der Waals surface area contributed by atoms with Crippen LogP contribution in [-0.2, 0) is 19.4 Å². The van der Waals surface area contributed by atoms with Crippen LogP contribution in [0.1, 0.15) is 31.2 Å². The number of benzene rings is 1. The SMILES string of the molecule is O=C1CC(CS(=O)(=O)Cl)CN1C1(c2ccc(Br)cc2)CCC1. The number of nitrogens with zero attached hydrogens (tertiary/aromatic N) is 1. The zero-order valence-electron chi connectivity index (χ0n) is 12.0. The number of carbonyl (C=O) groups is 1. The zero-order chi connectivity index (χ0) is 16.0. The van der Waals surface area contributed by atoms with E-state index in [2.05, 4.69) is 15.9 Å². The largest absolute Gasteiger partial charge is 0.333 e. The second kappa shape index (κ2) is 5.80. The molecule has 0 radical (unpaired) electrons. The van der Waals surface area contributed by atoms with E-state index in [1.54, 1.807) is 0 Å². The Morgan fingerprint density at radius 1 is 1.27 bits per heavy atom. The van der Waals surface area contributed by atoms with E-state index >= 15 is 0 Å². The van der Waals surface area contributed by atoms with Gasteiger partial charge in [0.2, 0.25) is 15.0 Å². The highest BCUT2D eigenvalue weighted by Gasteiger charge is 2.49. The van der Waals surface area contributed by atoms with Crippen LogP contribution in [0, 0.1) is 5.92 Å². The van der Waals surface area contributed by atoms with E-state index in [0.717, 1.165) is 29.3 Å². The number of carbonyl (C=O) groups excluding carboxylic acids is 1.